The Bertz CT molecular complexity index is 638. The number of nitrogens with one attached hydrogen (secondary N) is 2. The van der Waals surface area contributed by atoms with E-state index in [2.05, 4.69) is 11.2 Å². The number of hydrogen-bond acceptors (Lipinski definition) is 3. The van der Waals surface area contributed by atoms with E-state index in [4.69, 9.17) is 5.21 Å². The summed E-state index contributed by atoms with van der Waals surface area (Å²) in [5.41, 5.74) is 1.46. The Morgan fingerprint density at radius 2 is 1.71 bits per heavy atom. The second-order valence-electron chi connectivity index (χ2n) is 4.77. The molecule has 0 heterocycles. The van der Waals surface area contributed by atoms with Gasteiger partial charge in [0.25, 0.3) is 18.2 Å². The molecule has 0 spiro atoms. The largest absolute Gasteiger partial charge is 0.340 e. The van der Waals surface area contributed by atoms with Gasteiger partial charge in [-0.25, -0.2) is 14.3 Å². The first-order valence-corrected chi connectivity index (χ1v) is 6.69. The average Bonchev–Trinajstić information content (AvgIpc) is 2.56. The van der Waals surface area contributed by atoms with E-state index in [1.807, 2.05) is 0 Å². The van der Waals surface area contributed by atoms with Crippen molar-refractivity contribution in [3.63, 3.8) is 0 Å². The number of rotatable bonds is 5. The highest BCUT2D eigenvalue weighted by Gasteiger charge is 2.32. The van der Waals surface area contributed by atoms with Crippen molar-refractivity contribution in [3.8, 4) is 11.8 Å². The van der Waals surface area contributed by atoms with Crippen molar-refractivity contribution in [3.05, 3.63) is 35.4 Å². The first-order valence-electron chi connectivity index (χ1n) is 6.69. The van der Waals surface area contributed by atoms with E-state index in [-0.39, 0.29) is 11.1 Å². The van der Waals surface area contributed by atoms with Crippen molar-refractivity contribution in [1.29, 1.82) is 0 Å². The van der Waals surface area contributed by atoms with Gasteiger partial charge in [-0.3, -0.25) is 14.8 Å². The molecule has 0 aromatic heterocycles. The minimum absolute atomic E-state index is 0.00908. The minimum atomic E-state index is -2.90. The summed E-state index contributed by atoms with van der Waals surface area (Å²) in [4.78, 5) is 23.4. The summed E-state index contributed by atoms with van der Waals surface area (Å²) in [7, 11) is 0. The van der Waals surface area contributed by atoms with Crippen molar-refractivity contribution in [2.45, 2.75) is 25.8 Å². The van der Waals surface area contributed by atoms with Crippen LogP contribution in [-0.4, -0.2) is 35.9 Å². The Hall–Kier alpha value is -2.60. The lowest BCUT2D eigenvalue weighted by molar-refractivity contribution is -0.134. The fourth-order valence-electron chi connectivity index (χ4n) is 1.72. The van der Waals surface area contributed by atoms with Gasteiger partial charge in [0.05, 0.1) is 0 Å². The van der Waals surface area contributed by atoms with E-state index in [9.17, 15) is 27.2 Å². The quantitative estimate of drug-likeness (QED) is 0.329. The number of carbonyl (C=O) groups is 2. The monoisotopic (exact) mass is 346 g/mol. The summed E-state index contributed by atoms with van der Waals surface area (Å²) in [5, 5.41) is 10.7. The van der Waals surface area contributed by atoms with Crippen LogP contribution in [0.5, 0.6) is 0 Å². The molecule has 0 radical (unpaired) electrons. The number of halogens is 4. The fraction of sp³-hybridized carbons (Fsp3) is 0.333. The summed E-state index contributed by atoms with van der Waals surface area (Å²) in [6.07, 6.45) is -5.69. The number of amides is 2. The number of alkyl halides is 4. The van der Waals surface area contributed by atoms with Crippen LogP contribution in [0.2, 0.25) is 0 Å². The number of benzene rings is 1. The molecule has 3 N–H and O–H groups in total. The molecule has 2 amide bonds. The molecule has 0 aliphatic rings. The van der Waals surface area contributed by atoms with Gasteiger partial charge in [-0.05, 0) is 30.2 Å². The predicted molar refractivity (Wildman–Crippen MR) is 75.7 cm³/mol. The second kappa shape index (κ2) is 8.88. The van der Waals surface area contributed by atoms with Crippen LogP contribution in [0.1, 0.15) is 22.8 Å². The zero-order valence-electron chi connectivity index (χ0n) is 12.4. The van der Waals surface area contributed by atoms with Crippen molar-refractivity contribution < 1.29 is 32.4 Å². The lowest BCUT2D eigenvalue weighted by Gasteiger charge is -2.22. The molecule has 5 nitrogen and oxygen atoms in total. The molecule has 2 atom stereocenters. The van der Waals surface area contributed by atoms with Gasteiger partial charge in [0.2, 0.25) is 6.43 Å². The van der Waals surface area contributed by atoms with E-state index in [0.717, 1.165) is 6.92 Å². The molecule has 0 aliphatic carbocycles. The molecule has 130 valence electrons. The highest BCUT2D eigenvalue weighted by molar-refractivity contribution is 5.97. The highest BCUT2D eigenvalue weighted by atomic mass is 19.3. The van der Waals surface area contributed by atoms with E-state index in [1.165, 1.54) is 29.7 Å². The Labute approximate surface area is 135 Å². The molecule has 0 fully saturated rings. The van der Waals surface area contributed by atoms with Gasteiger partial charge >= 0.3 is 0 Å². The van der Waals surface area contributed by atoms with E-state index < -0.39 is 36.6 Å². The molecular formula is C15H14F4N2O3. The second-order valence-corrected chi connectivity index (χ2v) is 4.77. The zero-order chi connectivity index (χ0) is 18.3. The van der Waals surface area contributed by atoms with E-state index >= 15 is 0 Å². The molecule has 0 aliphatic heterocycles. The van der Waals surface area contributed by atoms with Crippen LogP contribution in [0, 0.1) is 17.8 Å². The maximum atomic E-state index is 12.7. The standard InChI is InChI=1S/C15H14F4N2O3/c1-8(13(18)19)12(15(23)21-24)20-14(22)10-5-2-9(3-6-10)4-7-11(16)17/h2-3,5-6,8,11-13,24H,1H3,(H,20,22)(H,21,23). The maximum absolute atomic E-state index is 12.7. The summed E-state index contributed by atoms with van der Waals surface area (Å²) in [6.45, 7) is 1.04. The van der Waals surface area contributed by atoms with Crippen LogP contribution < -0.4 is 10.8 Å². The van der Waals surface area contributed by atoms with Crippen LogP contribution in [0.3, 0.4) is 0 Å². The van der Waals surface area contributed by atoms with Gasteiger partial charge in [0.1, 0.15) is 6.04 Å². The average molecular weight is 346 g/mol. The Balaban J connectivity index is 2.88. The molecular weight excluding hydrogens is 332 g/mol. The topological polar surface area (TPSA) is 78.4 Å². The Kier molecular flexibility index (Phi) is 7.20. The Morgan fingerprint density at radius 3 is 2.17 bits per heavy atom. The summed E-state index contributed by atoms with van der Waals surface area (Å²) in [6, 6.07) is 3.42. The van der Waals surface area contributed by atoms with Crippen molar-refractivity contribution in [2.75, 3.05) is 0 Å². The summed E-state index contributed by atoms with van der Waals surface area (Å²) >= 11 is 0. The molecule has 1 aromatic rings. The third-order valence-corrected chi connectivity index (χ3v) is 3.08. The number of carbonyl (C=O) groups excluding carboxylic acids is 2. The van der Waals surface area contributed by atoms with Crippen LogP contribution in [0.4, 0.5) is 17.6 Å². The minimum Gasteiger partial charge on any atom is -0.340 e. The normalized spacial score (nSPS) is 13.0. The van der Waals surface area contributed by atoms with Crippen molar-refractivity contribution >= 4 is 11.8 Å². The molecule has 1 aromatic carbocycles. The van der Waals surface area contributed by atoms with Gasteiger partial charge in [-0.15, -0.1) is 0 Å². The lowest BCUT2D eigenvalue weighted by atomic mass is 10.0. The first-order chi connectivity index (χ1) is 11.3. The lowest BCUT2D eigenvalue weighted by Crippen LogP contribution is -2.51. The van der Waals surface area contributed by atoms with E-state index in [0.29, 0.717) is 0 Å². The van der Waals surface area contributed by atoms with Crippen LogP contribution in [0.25, 0.3) is 0 Å². The van der Waals surface area contributed by atoms with Gasteiger partial charge < -0.3 is 5.32 Å². The van der Waals surface area contributed by atoms with Crippen molar-refractivity contribution in [1.82, 2.24) is 10.8 Å². The molecule has 2 unspecified atom stereocenters. The molecule has 9 heteroatoms. The maximum Gasteiger partial charge on any atom is 0.299 e. The van der Waals surface area contributed by atoms with Gasteiger partial charge in [0, 0.05) is 17.0 Å². The molecule has 0 saturated carbocycles. The smallest absolute Gasteiger partial charge is 0.299 e. The molecule has 0 saturated heterocycles. The third-order valence-electron chi connectivity index (χ3n) is 3.08. The van der Waals surface area contributed by atoms with E-state index in [1.54, 1.807) is 5.92 Å². The number of hydrogen-bond donors (Lipinski definition) is 3. The van der Waals surface area contributed by atoms with Gasteiger partial charge in [-0.2, -0.15) is 8.78 Å². The van der Waals surface area contributed by atoms with Gasteiger partial charge in [-0.1, -0.05) is 12.8 Å². The third kappa shape index (κ3) is 5.55. The zero-order valence-corrected chi connectivity index (χ0v) is 12.4. The van der Waals surface area contributed by atoms with Gasteiger partial charge in [0.15, 0.2) is 0 Å². The first kappa shape index (κ1) is 19.4. The molecule has 24 heavy (non-hydrogen) atoms. The molecule has 0 bridgehead atoms. The summed E-state index contributed by atoms with van der Waals surface area (Å²) < 4.78 is 49.4. The van der Waals surface area contributed by atoms with Crippen molar-refractivity contribution in [2.24, 2.45) is 5.92 Å². The summed E-state index contributed by atoms with van der Waals surface area (Å²) in [5.74, 6) is 0.256. The number of hydroxylamine groups is 1. The predicted octanol–water partition coefficient (Wildman–Crippen LogP) is 1.81. The van der Waals surface area contributed by atoms with Crippen LogP contribution in [-0.2, 0) is 4.79 Å². The fourth-order valence-corrected chi connectivity index (χ4v) is 1.72. The van der Waals surface area contributed by atoms with Crippen LogP contribution in [0.15, 0.2) is 24.3 Å². The Morgan fingerprint density at radius 1 is 1.12 bits per heavy atom. The SMILES string of the molecule is CC(C(F)F)C(NC(=O)c1ccc(C#CC(F)F)cc1)C(=O)NO. The van der Waals surface area contributed by atoms with Crippen LogP contribution >= 0.6 is 0 Å². The highest BCUT2D eigenvalue weighted by Crippen LogP contribution is 2.15. The molecule has 1 rings (SSSR count).